The van der Waals surface area contributed by atoms with E-state index < -0.39 is 0 Å². The molecule has 31 heavy (non-hydrogen) atoms. The Kier molecular flexibility index (Phi) is 6.25. The highest BCUT2D eigenvalue weighted by Crippen LogP contribution is 2.36. The fraction of sp³-hybridized carbons (Fsp3) is 0.462. The summed E-state index contributed by atoms with van der Waals surface area (Å²) in [7, 11) is 1.91. The second-order valence-electron chi connectivity index (χ2n) is 8.90. The van der Waals surface area contributed by atoms with Gasteiger partial charge in [-0.3, -0.25) is 9.39 Å². The van der Waals surface area contributed by atoms with Crippen molar-refractivity contribution < 1.29 is 0 Å². The maximum atomic E-state index is 4.99. The standard InChI is InChI=1S/C26H33BrN4/c1-7-9-19(10-8-2)30-24-13-17(5)29-25-21(15-23(31(24)25)26(30)28-6)20-12-11-18(16(3)4)14-22(20)27/h11-16,19H,7-10H2,1-6H3/b28-26+. The zero-order chi connectivity index (χ0) is 22.3. The third-order valence-corrected chi connectivity index (χ3v) is 6.95. The maximum Gasteiger partial charge on any atom is 0.154 e. The minimum Gasteiger partial charge on any atom is -0.307 e. The van der Waals surface area contributed by atoms with E-state index in [1.165, 1.54) is 29.6 Å². The summed E-state index contributed by atoms with van der Waals surface area (Å²) in [5.74, 6) is 0.499. The first-order valence-corrected chi connectivity index (χ1v) is 12.3. The third kappa shape index (κ3) is 3.71. The monoisotopic (exact) mass is 480 g/mol. The first-order chi connectivity index (χ1) is 14.9. The lowest BCUT2D eigenvalue weighted by Crippen LogP contribution is -2.22. The summed E-state index contributed by atoms with van der Waals surface area (Å²) in [5, 5.41) is 0. The predicted octanol–water partition coefficient (Wildman–Crippen LogP) is 7.26. The summed E-state index contributed by atoms with van der Waals surface area (Å²) in [5.41, 5.74) is 9.13. The van der Waals surface area contributed by atoms with E-state index in [0.29, 0.717) is 12.0 Å². The summed E-state index contributed by atoms with van der Waals surface area (Å²) in [6.45, 7) is 11.1. The topological polar surface area (TPSA) is 34.6 Å². The summed E-state index contributed by atoms with van der Waals surface area (Å²) in [6, 6.07) is 11.6. The molecule has 0 radical (unpaired) electrons. The van der Waals surface area contributed by atoms with Crippen LogP contribution in [-0.4, -0.2) is 21.0 Å². The van der Waals surface area contributed by atoms with Crippen LogP contribution in [0.1, 0.15) is 76.6 Å². The van der Waals surface area contributed by atoms with E-state index in [4.69, 9.17) is 9.98 Å². The van der Waals surface area contributed by atoms with Gasteiger partial charge in [0.05, 0.1) is 5.52 Å². The Hall–Kier alpha value is -2.14. The van der Waals surface area contributed by atoms with Crippen molar-refractivity contribution in [2.45, 2.75) is 72.3 Å². The minimum atomic E-state index is 0.458. The number of imidazole rings is 1. The van der Waals surface area contributed by atoms with Gasteiger partial charge in [0.25, 0.3) is 0 Å². The molecule has 0 fully saturated rings. The fourth-order valence-electron chi connectivity index (χ4n) is 4.83. The highest BCUT2D eigenvalue weighted by Gasteiger charge is 2.23. The minimum absolute atomic E-state index is 0.458. The molecule has 1 aromatic carbocycles. The number of rotatable bonds is 7. The summed E-state index contributed by atoms with van der Waals surface area (Å²) < 4.78 is 5.89. The van der Waals surface area contributed by atoms with Crippen LogP contribution in [0.2, 0.25) is 0 Å². The molecule has 4 rings (SSSR count). The van der Waals surface area contributed by atoms with Gasteiger partial charge in [0.1, 0.15) is 11.3 Å². The molecule has 4 nitrogen and oxygen atoms in total. The van der Waals surface area contributed by atoms with Gasteiger partial charge in [-0.1, -0.05) is 68.6 Å². The Balaban J connectivity index is 2.03. The van der Waals surface area contributed by atoms with Crippen LogP contribution in [-0.2, 0) is 0 Å². The molecular formula is C26H33BrN4. The number of nitrogens with zero attached hydrogens (tertiary/aromatic N) is 4. The smallest absolute Gasteiger partial charge is 0.154 e. The van der Waals surface area contributed by atoms with E-state index in [1.54, 1.807) is 0 Å². The largest absolute Gasteiger partial charge is 0.307 e. The van der Waals surface area contributed by atoms with Crippen molar-refractivity contribution in [3.63, 3.8) is 0 Å². The molecule has 0 saturated heterocycles. The Labute approximate surface area is 193 Å². The molecule has 4 aromatic rings. The number of aromatic nitrogens is 3. The van der Waals surface area contributed by atoms with Crippen molar-refractivity contribution in [2.24, 2.45) is 4.99 Å². The first-order valence-electron chi connectivity index (χ1n) is 11.5. The molecule has 0 unspecified atom stereocenters. The van der Waals surface area contributed by atoms with E-state index in [0.717, 1.165) is 45.2 Å². The molecule has 164 valence electrons. The number of benzene rings is 1. The molecular weight excluding hydrogens is 448 g/mol. The Morgan fingerprint density at radius 2 is 1.74 bits per heavy atom. The highest BCUT2D eigenvalue weighted by atomic mass is 79.9. The highest BCUT2D eigenvalue weighted by molar-refractivity contribution is 9.10. The van der Waals surface area contributed by atoms with Crippen LogP contribution in [0.5, 0.6) is 0 Å². The zero-order valence-electron chi connectivity index (χ0n) is 19.5. The number of aryl methyl sites for hydroxylation is 1. The normalized spacial score (nSPS) is 13.0. The Bertz CT molecular complexity index is 1270. The molecule has 0 spiro atoms. The van der Waals surface area contributed by atoms with Crippen molar-refractivity contribution >= 4 is 32.7 Å². The molecule has 0 saturated carbocycles. The van der Waals surface area contributed by atoms with Crippen molar-refractivity contribution in [3.8, 4) is 11.1 Å². The fourth-order valence-corrected chi connectivity index (χ4v) is 5.44. The van der Waals surface area contributed by atoms with Gasteiger partial charge in [0, 0.05) is 34.9 Å². The van der Waals surface area contributed by atoms with Crippen LogP contribution in [0.25, 0.3) is 27.9 Å². The molecule has 0 bridgehead atoms. The van der Waals surface area contributed by atoms with Crippen LogP contribution in [0, 0.1) is 6.92 Å². The SMILES string of the molecule is CCCC(CCC)n1/c(=N/C)c2cc(-c3ccc(C(C)C)cc3Br)c3nc(C)cc1n32. The predicted molar refractivity (Wildman–Crippen MR) is 134 cm³/mol. The molecule has 0 atom stereocenters. The zero-order valence-corrected chi connectivity index (χ0v) is 21.1. The lowest BCUT2D eigenvalue weighted by Gasteiger charge is -2.19. The van der Waals surface area contributed by atoms with Gasteiger partial charge in [-0.25, -0.2) is 4.98 Å². The van der Waals surface area contributed by atoms with Crippen LogP contribution >= 0.6 is 15.9 Å². The second kappa shape index (κ2) is 8.78. The molecule has 5 heteroatoms. The van der Waals surface area contributed by atoms with Gasteiger partial charge < -0.3 is 4.57 Å². The number of hydrogen-bond donors (Lipinski definition) is 0. The number of halogens is 1. The second-order valence-corrected chi connectivity index (χ2v) is 9.75. The van der Waals surface area contributed by atoms with Crippen molar-refractivity contribution in [3.05, 3.63) is 51.5 Å². The van der Waals surface area contributed by atoms with Crippen molar-refractivity contribution in [2.75, 3.05) is 7.05 Å². The summed E-state index contributed by atoms with van der Waals surface area (Å²) >= 11 is 3.83. The average molecular weight is 481 g/mol. The van der Waals surface area contributed by atoms with E-state index in [2.05, 4.69) is 89.8 Å². The van der Waals surface area contributed by atoms with E-state index in [9.17, 15) is 0 Å². The van der Waals surface area contributed by atoms with Crippen LogP contribution in [0.3, 0.4) is 0 Å². The van der Waals surface area contributed by atoms with Crippen LogP contribution in [0.15, 0.2) is 39.8 Å². The third-order valence-electron chi connectivity index (χ3n) is 6.30. The van der Waals surface area contributed by atoms with E-state index in [1.807, 2.05) is 7.05 Å². The Morgan fingerprint density at radius 1 is 1.03 bits per heavy atom. The average Bonchev–Trinajstić information content (AvgIpc) is 3.24. The van der Waals surface area contributed by atoms with Crippen molar-refractivity contribution in [1.82, 2.24) is 14.0 Å². The molecule has 0 aliphatic rings. The summed E-state index contributed by atoms with van der Waals surface area (Å²) in [4.78, 5) is 9.76. The lowest BCUT2D eigenvalue weighted by molar-refractivity contribution is 0.426. The number of hydrogen-bond acceptors (Lipinski definition) is 2. The summed E-state index contributed by atoms with van der Waals surface area (Å²) in [6.07, 6.45) is 4.66. The molecule has 3 heterocycles. The van der Waals surface area contributed by atoms with Crippen LogP contribution < -0.4 is 5.49 Å². The van der Waals surface area contributed by atoms with Gasteiger partial charge in [-0.2, -0.15) is 0 Å². The van der Waals surface area contributed by atoms with Gasteiger partial charge in [0.2, 0.25) is 0 Å². The molecule has 0 aliphatic carbocycles. The molecule has 3 aromatic heterocycles. The van der Waals surface area contributed by atoms with Crippen molar-refractivity contribution in [1.29, 1.82) is 0 Å². The molecule has 0 amide bonds. The van der Waals surface area contributed by atoms with Gasteiger partial charge in [-0.05, 0) is 48.9 Å². The van der Waals surface area contributed by atoms with Gasteiger partial charge >= 0.3 is 0 Å². The van der Waals surface area contributed by atoms with Gasteiger partial charge in [0.15, 0.2) is 5.49 Å². The maximum absolute atomic E-state index is 4.99. The van der Waals surface area contributed by atoms with E-state index in [-0.39, 0.29) is 0 Å². The first kappa shape index (κ1) is 22.1. The lowest BCUT2D eigenvalue weighted by atomic mass is 9.99. The Morgan fingerprint density at radius 3 is 2.32 bits per heavy atom. The van der Waals surface area contributed by atoms with Crippen LogP contribution in [0.4, 0.5) is 0 Å². The van der Waals surface area contributed by atoms with Gasteiger partial charge in [-0.15, -0.1) is 0 Å². The molecule has 0 aliphatic heterocycles. The quantitative estimate of drug-likeness (QED) is 0.274. The molecule has 0 N–H and O–H groups in total. The van der Waals surface area contributed by atoms with E-state index >= 15 is 0 Å².